The van der Waals surface area contributed by atoms with Gasteiger partial charge in [-0.3, -0.25) is 14.9 Å². The van der Waals surface area contributed by atoms with Crippen LogP contribution in [0.4, 0.5) is 11.4 Å². The van der Waals surface area contributed by atoms with E-state index in [1.165, 1.54) is 18.2 Å². The first-order chi connectivity index (χ1) is 11.0. The predicted octanol–water partition coefficient (Wildman–Crippen LogP) is 1.57. The number of likely N-dealkylation sites (tertiary alicyclic amines) is 1. The summed E-state index contributed by atoms with van der Waals surface area (Å²) in [5, 5.41) is 10.9. The Hall–Kier alpha value is -1.90. The lowest BCUT2D eigenvalue weighted by molar-refractivity contribution is -0.383. The number of nitro benzene ring substituents is 1. The van der Waals surface area contributed by atoms with Crippen LogP contribution in [0.1, 0.15) is 29.6 Å². The van der Waals surface area contributed by atoms with Crippen LogP contribution in [0.15, 0.2) is 18.2 Å². The number of carbonyl (C=O) groups excluding carboxylic acids is 1. The summed E-state index contributed by atoms with van der Waals surface area (Å²) in [7, 11) is 0. The Balaban J connectivity index is 0.00000288. The molecule has 2 rings (SSSR count). The van der Waals surface area contributed by atoms with Gasteiger partial charge >= 0.3 is 0 Å². The van der Waals surface area contributed by atoms with E-state index in [1.807, 2.05) is 0 Å². The number of rotatable bonds is 6. The van der Waals surface area contributed by atoms with E-state index in [9.17, 15) is 14.9 Å². The number of nitrogen functional groups attached to an aromatic ring is 1. The van der Waals surface area contributed by atoms with Crippen molar-refractivity contribution in [1.82, 2.24) is 4.90 Å². The third-order valence-electron chi connectivity index (χ3n) is 3.91. The summed E-state index contributed by atoms with van der Waals surface area (Å²) < 4.78 is 5.70. The summed E-state index contributed by atoms with van der Waals surface area (Å²) in [6, 6.07) is 4.16. The summed E-state index contributed by atoms with van der Waals surface area (Å²) in [4.78, 5) is 24.5. The number of benzene rings is 1. The zero-order valence-corrected chi connectivity index (χ0v) is 14.2. The van der Waals surface area contributed by atoms with Crippen LogP contribution in [0.2, 0.25) is 0 Å². The Labute approximate surface area is 146 Å². The molecule has 4 N–H and O–H groups in total. The summed E-state index contributed by atoms with van der Waals surface area (Å²) in [6.07, 6.45) is 2.49. The maximum Gasteiger partial charge on any atom is 0.292 e. The minimum atomic E-state index is -0.580. The SMILES string of the molecule is Cl.NCCCOC1CCN(C(=O)c2ccc(N)c([N+](=O)[O-])c2)CC1. The van der Waals surface area contributed by atoms with Gasteiger partial charge in [0.15, 0.2) is 0 Å². The molecule has 1 amide bonds. The van der Waals surface area contributed by atoms with Crippen molar-refractivity contribution < 1.29 is 14.5 Å². The van der Waals surface area contributed by atoms with Crippen LogP contribution >= 0.6 is 12.4 Å². The van der Waals surface area contributed by atoms with Crippen LogP contribution in [-0.2, 0) is 4.74 Å². The molecule has 1 saturated heterocycles. The fourth-order valence-electron chi connectivity index (χ4n) is 2.58. The number of anilines is 1. The monoisotopic (exact) mass is 358 g/mol. The summed E-state index contributed by atoms with van der Waals surface area (Å²) in [5.41, 5.74) is 11.1. The highest BCUT2D eigenvalue weighted by Crippen LogP contribution is 2.24. The number of hydrogen-bond donors (Lipinski definition) is 2. The fraction of sp³-hybridized carbons (Fsp3) is 0.533. The predicted molar refractivity (Wildman–Crippen MR) is 93.3 cm³/mol. The number of ether oxygens (including phenoxy) is 1. The maximum atomic E-state index is 12.5. The molecule has 1 aliphatic rings. The second-order valence-electron chi connectivity index (χ2n) is 5.54. The number of piperidine rings is 1. The number of amides is 1. The zero-order chi connectivity index (χ0) is 16.8. The molecule has 0 radical (unpaired) electrons. The third-order valence-corrected chi connectivity index (χ3v) is 3.91. The first kappa shape index (κ1) is 20.1. The molecule has 134 valence electrons. The Bertz CT molecular complexity index is 577. The van der Waals surface area contributed by atoms with E-state index >= 15 is 0 Å². The molecule has 0 spiro atoms. The highest BCUT2D eigenvalue weighted by Gasteiger charge is 2.25. The first-order valence-corrected chi connectivity index (χ1v) is 7.67. The maximum absolute atomic E-state index is 12.5. The lowest BCUT2D eigenvalue weighted by Crippen LogP contribution is -2.41. The number of halogens is 1. The van der Waals surface area contributed by atoms with Crippen molar-refractivity contribution in [2.75, 3.05) is 32.0 Å². The van der Waals surface area contributed by atoms with Crippen molar-refractivity contribution in [3.05, 3.63) is 33.9 Å². The Morgan fingerprint density at radius 1 is 1.38 bits per heavy atom. The normalized spacial score (nSPS) is 15.0. The van der Waals surface area contributed by atoms with E-state index in [-0.39, 0.29) is 41.4 Å². The van der Waals surface area contributed by atoms with E-state index in [2.05, 4.69) is 0 Å². The molecule has 0 atom stereocenters. The van der Waals surface area contributed by atoms with Gasteiger partial charge in [-0.05, 0) is 37.9 Å². The molecule has 0 aliphatic carbocycles. The summed E-state index contributed by atoms with van der Waals surface area (Å²) in [5.74, 6) is -0.214. The standard InChI is InChI=1S/C15H22N4O4.ClH/c16-6-1-9-23-12-4-7-18(8-5-12)15(20)11-2-3-13(17)14(10-11)19(21)22;/h2-3,10,12H,1,4-9,16-17H2;1H. The molecule has 1 aromatic carbocycles. The minimum Gasteiger partial charge on any atom is -0.393 e. The molecule has 0 unspecified atom stereocenters. The Morgan fingerprint density at radius 3 is 2.62 bits per heavy atom. The molecular formula is C15H23ClN4O4. The van der Waals surface area contributed by atoms with Crippen LogP contribution in [0.5, 0.6) is 0 Å². The molecule has 1 aromatic rings. The van der Waals surface area contributed by atoms with Gasteiger partial charge in [0.1, 0.15) is 5.69 Å². The lowest BCUT2D eigenvalue weighted by Gasteiger charge is -2.32. The van der Waals surface area contributed by atoms with Gasteiger partial charge in [-0.1, -0.05) is 0 Å². The molecule has 1 aliphatic heterocycles. The summed E-state index contributed by atoms with van der Waals surface area (Å²) >= 11 is 0. The van der Waals surface area contributed by atoms with Crippen LogP contribution in [0.25, 0.3) is 0 Å². The van der Waals surface area contributed by atoms with Crippen LogP contribution < -0.4 is 11.5 Å². The van der Waals surface area contributed by atoms with Gasteiger partial charge < -0.3 is 21.1 Å². The average Bonchev–Trinajstić information content (AvgIpc) is 2.55. The highest BCUT2D eigenvalue weighted by atomic mass is 35.5. The molecular weight excluding hydrogens is 336 g/mol. The minimum absolute atomic E-state index is 0. The molecule has 0 bridgehead atoms. The molecule has 1 heterocycles. The van der Waals surface area contributed by atoms with Crippen LogP contribution in [-0.4, -0.2) is 48.1 Å². The quantitative estimate of drug-likeness (QED) is 0.344. The van der Waals surface area contributed by atoms with Gasteiger partial charge in [0.05, 0.1) is 11.0 Å². The fourth-order valence-corrected chi connectivity index (χ4v) is 2.58. The third kappa shape index (κ3) is 5.05. The first-order valence-electron chi connectivity index (χ1n) is 7.67. The van der Waals surface area contributed by atoms with Gasteiger partial charge in [0.2, 0.25) is 0 Å². The molecule has 1 fully saturated rings. The van der Waals surface area contributed by atoms with E-state index in [0.717, 1.165) is 19.3 Å². The van der Waals surface area contributed by atoms with Crippen molar-refractivity contribution in [1.29, 1.82) is 0 Å². The number of nitrogens with two attached hydrogens (primary N) is 2. The van der Waals surface area contributed by atoms with Gasteiger partial charge in [-0.15, -0.1) is 12.4 Å². The molecule has 0 aromatic heterocycles. The second kappa shape index (κ2) is 9.41. The van der Waals surface area contributed by atoms with Gasteiger partial charge in [0.25, 0.3) is 11.6 Å². The van der Waals surface area contributed by atoms with E-state index in [1.54, 1.807) is 4.90 Å². The van der Waals surface area contributed by atoms with Gasteiger partial charge in [-0.25, -0.2) is 0 Å². The van der Waals surface area contributed by atoms with Crippen molar-refractivity contribution in [2.45, 2.75) is 25.4 Å². The number of carbonyl (C=O) groups is 1. The second-order valence-corrected chi connectivity index (χ2v) is 5.54. The Kier molecular flexibility index (Phi) is 7.90. The number of hydrogen-bond acceptors (Lipinski definition) is 6. The summed E-state index contributed by atoms with van der Waals surface area (Å²) in [6.45, 7) is 2.39. The van der Waals surface area contributed by atoms with E-state index in [4.69, 9.17) is 16.2 Å². The van der Waals surface area contributed by atoms with Gasteiger partial charge in [-0.2, -0.15) is 0 Å². The van der Waals surface area contributed by atoms with E-state index in [0.29, 0.717) is 26.2 Å². The van der Waals surface area contributed by atoms with Crippen LogP contribution in [0, 0.1) is 10.1 Å². The van der Waals surface area contributed by atoms with Crippen molar-refractivity contribution in [3.63, 3.8) is 0 Å². The van der Waals surface area contributed by atoms with E-state index < -0.39 is 4.92 Å². The van der Waals surface area contributed by atoms with Crippen molar-refractivity contribution in [3.8, 4) is 0 Å². The van der Waals surface area contributed by atoms with Gasteiger partial charge in [0, 0.05) is 31.3 Å². The number of nitro groups is 1. The van der Waals surface area contributed by atoms with Crippen molar-refractivity contribution >= 4 is 29.7 Å². The number of nitrogens with zero attached hydrogens (tertiary/aromatic N) is 2. The average molecular weight is 359 g/mol. The smallest absolute Gasteiger partial charge is 0.292 e. The topological polar surface area (TPSA) is 125 Å². The van der Waals surface area contributed by atoms with Crippen LogP contribution in [0.3, 0.4) is 0 Å². The molecule has 0 saturated carbocycles. The lowest BCUT2D eigenvalue weighted by atomic mass is 10.1. The van der Waals surface area contributed by atoms with Crippen molar-refractivity contribution in [2.24, 2.45) is 5.73 Å². The highest BCUT2D eigenvalue weighted by molar-refractivity contribution is 5.95. The molecule has 8 nitrogen and oxygen atoms in total. The zero-order valence-electron chi connectivity index (χ0n) is 13.3. The molecule has 24 heavy (non-hydrogen) atoms. The Morgan fingerprint density at radius 2 is 2.04 bits per heavy atom. The largest absolute Gasteiger partial charge is 0.393 e. The molecule has 9 heteroatoms.